The van der Waals surface area contributed by atoms with Crippen molar-refractivity contribution >= 4 is 24.0 Å². The molecule has 0 saturated carbocycles. The Hall–Kier alpha value is -5.39. The first-order valence-electron chi connectivity index (χ1n) is 17.9. The van der Waals surface area contributed by atoms with Crippen LogP contribution >= 0.6 is 0 Å². The molecule has 0 bridgehead atoms. The van der Waals surface area contributed by atoms with E-state index in [9.17, 15) is 19.2 Å². The molecule has 1 aromatic carbocycles. The number of likely N-dealkylation sites (tertiary alicyclic amines) is 2. The summed E-state index contributed by atoms with van der Waals surface area (Å²) >= 11 is 0. The van der Waals surface area contributed by atoms with E-state index in [-0.39, 0.29) is 53.1 Å². The molecule has 2 saturated heterocycles. The predicted molar refractivity (Wildman–Crippen MR) is 193 cm³/mol. The number of amides is 4. The highest BCUT2D eigenvalue weighted by Gasteiger charge is 2.41. The molecule has 4 amide bonds. The zero-order valence-corrected chi connectivity index (χ0v) is 31.5. The molecule has 0 unspecified atom stereocenters. The number of hydrogen-bond acceptors (Lipinski definition) is 8. The molecule has 0 radical (unpaired) electrons. The summed E-state index contributed by atoms with van der Waals surface area (Å²) in [5.41, 5.74) is 1.80. The molecule has 2 aliphatic heterocycles. The van der Waals surface area contributed by atoms with E-state index in [0.29, 0.717) is 54.5 Å². The molecule has 53 heavy (non-hydrogen) atoms. The standard InChI is InChI=1S/C38H49FN8O6/c1-20(2)31(44-37(50)52-7)35(48)46-18-22(5)13-29(46)33-40-16-26(42-33)12-11-24-9-10-25(15-27(24)39)28-17-41-34(43-28)30-14-23(6)19-47(30)36(49)32(21(3)4)45-38(51)53-8/h9-10,15-17,20-23,29-32H,13-14,18-19H2,1-8H3,(H,40,42)(H,41,43)(H,44,50)(H,45,51)/t22-,23-,29-,30-,31-,32-/m0/s1. The van der Waals surface area contributed by atoms with Gasteiger partial charge >= 0.3 is 12.2 Å². The van der Waals surface area contributed by atoms with Gasteiger partial charge in [-0.25, -0.2) is 23.9 Å². The summed E-state index contributed by atoms with van der Waals surface area (Å²) in [6.45, 7) is 12.6. The fraction of sp³-hybridized carbons (Fsp3) is 0.526. The number of rotatable bonds is 9. The van der Waals surface area contributed by atoms with Crippen LogP contribution in [0.1, 0.15) is 89.4 Å². The molecule has 4 heterocycles. The van der Waals surface area contributed by atoms with Crippen LogP contribution in [0.3, 0.4) is 0 Å². The summed E-state index contributed by atoms with van der Waals surface area (Å²) in [5, 5.41) is 5.31. The van der Waals surface area contributed by atoms with E-state index in [1.807, 2.05) is 27.7 Å². The number of halogens is 1. The second kappa shape index (κ2) is 16.5. The van der Waals surface area contributed by atoms with Gasteiger partial charge in [-0.1, -0.05) is 53.5 Å². The molecule has 6 atom stereocenters. The van der Waals surface area contributed by atoms with Crippen LogP contribution in [0.4, 0.5) is 14.0 Å². The number of aromatic nitrogens is 4. The van der Waals surface area contributed by atoms with Gasteiger partial charge in [0.15, 0.2) is 0 Å². The van der Waals surface area contributed by atoms with E-state index in [2.05, 4.69) is 56.3 Å². The number of alkyl carbamates (subject to hydrolysis) is 2. The predicted octanol–water partition coefficient (Wildman–Crippen LogP) is 4.92. The molecule has 2 aromatic heterocycles. The van der Waals surface area contributed by atoms with E-state index in [4.69, 9.17) is 9.47 Å². The van der Waals surface area contributed by atoms with Crippen LogP contribution < -0.4 is 10.6 Å². The molecule has 3 aromatic rings. The van der Waals surface area contributed by atoms with Crippen molar-refractivity contribution in [1.82, 2.24) is 40.4 Å². The fourth-order valence-electron chi connectivity index (χ4n) is 6.99. The first-order chi connectivity index (χ1) is 25.2. The zero-order valence-electron chi connectivity index (χ0n) is 31.5. The van der Waals surface area contributed by atoms with Crippen LogP contribution in [-0.4, -0.2) is 93.1 Å². The van der Waals surface area contributed by atoms with Crippen molar-refractivity contribution in [2.45, 2.75) is 78.6 Å². The maximum Gasteiger partial charge on any atom is 0.407 e. The molecule has 284 valence electrons. The summed E-state index contributed by atoms with van der Waals surface area (Å²) in [6.07, 6.45) is 3.20. The van der Waals surface area contributed by atoms with Crippen molar-refractivity contribution in [1.29, 1.82) is 0 Å². The van der Waals surface area contributed by atoms with Crippen LogP contribution in [-0.2, 0) is 19.1 Å². The maximum absolute atomic E-state index is 15.4. The third kappa shape index (κ3) is 8.81. The Morgan fingerprint density at radius 1 is 0.811 bits per heavy atom. The van der Waals surface area contributed by atoms with Crippen molar-refractivity contribution < 1.29 is 33.0 Å². The fourth-order valence-corrected chi connectivity index (χ4v) is 6.99. The highest BCUT2D eigenvalue weighted by atomic mass is 19.1. The number of ether oxygens (including phenoxy) is 2. The molecular weight excluding hydrogens is 683 g/mol. The van der Waals surface area contributed by atoms with Gasteiger partial charge < -0.3 is 39.9 Å². The number of nitrogens with zero attached hydrogens (tertiary/aromatic N) is 4. The highest BCUT2D eigenvalue weighted by Crippen LogP contribution is 2.37. The number of methoxy groups -OCH3 is 2. The van der Waals surface area contributed by atoms with Crippen LogP contribution in [0.5, 0.6) is 0 Å². The lowest BCUT2D eigenvalue weighted by molar-refractivity contribution is -0.136. The summed E-state index contributed by atoms with van der Waals surface area (Å²) in [4.78, 5) is 70.1. The molecule has 14 nitrogen and oxygen atoms in total. The largest absolute Gasteiger partial charge is 0.453 e. The molecule has 4 N–H and O–H groups in total. The molecule has 2 aliphatic rings. The number of carbonyl (C=O) groups excluding carboxylic acids is 4. The number of H-pyrrole nitrogens is 2. The Morgan fingerprint density at radius 2 is 1.32 bits per heavy atom. The van der Waals surface area contributed by atoms with Gasteiger partial charge in [0.2, 0.25) is 11.8 Å². The van der Waals surface area contributed by atoms with E-state index < -0.39 is 30.1 Å². The molecular formula is C38H49FN8O6. The summed E-state index contributed by atoms with van der Waals surface area (Å²) < 4.78 is 24.9. The Balaban J connectivity index is 1.29. The van der Waals surface area contributed by atoms with E-state index in [1.165, 1.54) is 20.3 Å². The van der Waals surface area contributed by atoms with Crippen molar-refractivity contribution in [3.05, 3.63) is 59.3 Å². The SMILES string of the molecule is COC(=O)N[C@H](C(=O)N1C[C@@H](C)C[C@H]1c1ncc(C#Cc2ccc(-c3cnc([C@@H]4C[C@H](C)CN4C(=O)[C@@H](NC(=O)OC)C(C)C)[nH]3)cc2F)[nH]1)C(C)C. The second-order valence-electron chi connectivity index (χ2n) is 14.7. The lowest BCUT2D eigenvalue weighted by Crippen LogP contribution is -2.51. The van der Waals surface area contributed by atoms with Crippen molar-refractivity contribution in [3.8, 4) is 23.1 Å². The average molecular weight is 733 g/mol. The maximum atomic E-state index is 15.4. The Bertz CT molecular complexity index is 1880. The summed E-state index contributed by atoms with van der Waals surface area (Å²) in [5.74, 6) is 6.11. The summed E-state index contributed by atoms with van der Waals surface area (Å²) in [6, 6.07) is 2.52. The number of nitrogens with one attached hydrogen (secondary N) is 4. The van der Waals surface area contributed by atoms with E-state index >= 15 is 4.39 Å². The van der Waals surface area contributed by atoms with Gasteiger partial charge in [0.25, 0.3) is 0 Å². The van der Waals surface area contributed by atoms with Gasteiger partial charge in [0.05, 0.1) is 50.0 Å². The summed E-state index contributed by atoms with van der Waals surface area (Å²) in [7, 11) is 2.52. The van der Waals surface area contributed by atoms with Crippen LogP contribution in [0.2, 0.25) is 0 Å². The molecule has 0 aliphatic carbocycles. The Kier molecular flexibility index (Phi) is 12.1. The first-order valence-corrected chi connectivity index (χ1v) is 17.9. The topological polar surface area (TPSA) is 175 Å². The molecule has 15 heteroatoms. The zero-order chi connectivity index (χ0) is 38.6. The van der Waals surface area contributed by atoms with Gasteiger partial charge in [0.1, 0.15) is 35.2 Å². The van der Waals surface area contributed by atoms with Gasteiger partial charge in [-0.2, -0.15) is 0 Å². The number of carbonyl (C=O) groups is 4. The Labute approximate surface area is 309 Å². The first kappa shape index (κ1) is 38.8. The molecule has 0 spiro atoms. The van der Waals surface area contributed by atoms with Gasteiger partial charge in [-0.15, -0.1) is 0 Å². The number of benzene rings is 1. The quantitative estimate of drug-likeness (QED) is 0.224. The molecule has 5 rings (SSSR count). The Morgan fingerprint density at radius 3 is 1.81 bits per heavy atom. The monoisotopic (exact) mass is 732 g/mol. The lowest BCUT2D eigenvalue weighted by Gasteiger charge is -2.30. The second-order valence-corrected chi connectivity index (χ2v) is 14.7. The molecule has 2 fully saturated rings. The van der Waals surface area contributed by atoms with Crippen LogP contribution in [0.15, 0.2) is 30.6 Å². The van der Waals surface area contributed by atoms with Gasteiger partial charge in [-0.05, 0) is 54.6 Å². The van der Waals surface area contributed by atoms with Gasteiger partial charge in [-0.3, -0.25) is 9.59 Å². The minimum absolute atomic E-state index is 0.161. The van der Waals surface area contributed by atoms with Crippen molar-refractivity contribution in [3.63, 3.8) is 0 Å². The third-order valence-electron chi connectivity index (χ3n) is 9.80. The van der Waals surface area contributed by atoms with Crippen LogP contribution in [0.25, 0.3) is 11.3 Å². The number of hydrogen-bond donors (Lipinski definition) is 4. The van der Waals surface area contributed by atoms with Crippen LogP contribution in [0, 0.1) is 41.3 Å². The van der Waals surface area contributed by atoms with E-state index in [1.54, 1.807) is 34.3 Å². The third-order valence-corrected chi connectivity index (χ3v) is 9.80. The van der Waals surface area contributed by atoms with Crippen molar-refractivity contribution in [2.75, 3.05) is 27.3 Å². The average Bonchev–Trinajstić information content (AvgIpc) is 3.94. The lowest BCUT2D eigenvalue weighted by atomic mass is 10.0. The van der Waals surface area contributed by atoms with E-state index in [0.717, 1.165) is 0 Å². The van der Waals surface area contributed by atoms with Gasteiger partial charge in [0, 0.05) is 18.7 Å². The minimum Gasteiger partial charge on any atom is -0.453 e. The van der Waals surface area contributed by atoms with Crippen molar-refractivity contribution in [2.24, 2.45) is 23.7 Å². The number of aromatic amines is 2. The minimum atomic E-state index is -0.759. The number of imidazole rings is 2. The smallest absolute Gasteiger partial charge is 0.407 e. The normalized spacial score (nSPS) is 20.9. The highest BCUT2D eigenvalue weighted by molar-refractivity contribution is 5.87.